The summed E-state index contributed by atoms with van der Waals surface area (Å²) in [5.74, 6) is 0.465. The SMILES string of the molecule is CC(CCO)CNCCc1ccc([N+](=O)[O-])cc1. The predicted octanol–water partition coefficient (Wildman–Crippen LogP) is 1.75. The van der Waals surface area contributed by atoms with Crippen molar-refractivity contribution in [2.45, 2.75) is 19.8 Å². The highest BCUT2D eigenvalue weighted by Crippen LogP contribution is 2.11. The molecule has 0 aromatic heterocycles. The average molecular weight is 252 g/mol. The molecule has 1 aromatic carbocycles. The van der Waals surface area contributed by atoms with Gasteiger partial charge in [-0.25, -0.2) is 0 Å². The third-order valence-electron chi connectivity index (χ3n) is 2.85. The van der Waals surface area contributed by atoms with Gasteiger partial charge in [-0.05, 0) is 37.4 Å². The molecule has 0 amide bonds. The van der Waals surface area contributed by atoms with Crippen molar-refractivity contribution in [3.8, 4) is 0 Å². The zero-order valence-corrected chi connectivity index (χ0v) is 10.6. The first-order valence-electron chi connectivity index (χ1n) is 6.18. The molecule has 2 N–H and O–H groups in total. The van der Waals surface area contributed by atoms with Gasteiger partial charge in [-0.3, -0.25) is 10.1 Å². The van der Waals surface area contributed by atoms with Gasteiger partial charge < -0.3 is 10.4 Å². The number of nitrogens with one attached hydrogen (secondary N) is 1. The molecule has 0 saturated heterocycles. The van der Waals surface area contributed by atoms with Crippen LogP contribution in [0.1, 0.15) is 18.9 Å². The molecule has 1 aromatic rings. The minimum atomic E-state index is -0.390. The normalized spacial score (nSPS) is 12.3. The van der Waals surface area contributed by atoms with E-state index in [9.17, 15) is 10.1 Å². The maximum Gasteiger partial charge on any atom is 0.269 e. The number of aliphatic hydroxyl groups is 1. The van der Waals surface area contributed by atoms with Crippen LogP contribution in [0.15, 0.2) is 24.3 Å². The van der Waals surface area contributed by atoms with Crippen molar-refractivity contribution in [3.63, 3.8) is 0 Å². The zero-order chi connectivity index (χ0) is 13.4. The molecular weight excluding hydrogens is 232 g/mol. The quantitative estimate of drug-likeness (QED) is 0.420. The Balaban J connectivity index is 2.25. The Morgan fingerprint density at radius 1 is 1.39 bits per heavy atom. The molecule has 0 spiro atoms. The number of nitrogens with zero attached hydrogens (tertiary/aromatic N) is 1. The lowest BCUT2D eigenvalue weighted by atomic mass is 10.1. The number of benzene rings is 1. The van der Waals surface area contributed by atoms with Crippen molar-refractivity contribution in [3.05, 3.63) is 39.9 Å². The summed E-state index contributed by atoms with van der Waals surface area (Å²) in [5.41, 5.74) is 1.21. The number of hydrogen-bond donors (Lipinski definition) is 2. The van der Waals surface area contributed by atoms with Gasteiger partial charge in [0, 0.05) is 18.7 Å². The van der Waals surface area contributed by atoms with Crippen LogP contribution in [0.2, 0.25) is 0 Å². The van der Waals surface area contributed by atoms with E-state index in [4.69, 9.17) is 5.11 Å². The van der Waals surface area contributed by atoms with Crippen LogP contribution in [0.5, 0.6) is 0 Å². The van der Waals surface area contributed by atoms with E-state index in [0.29, 0.717) is 5.92 Å². The van der Waals surface area contributed by atoms with E-state index >= 15 is 0 Å². The first-order chi connectivity index (χ1) is 8.63. The Morgan fingerprint density at radius 2 is 2.06 bits per heavy atom. The number of nitro benzene ring substituents is 1. The van der Waals surface area contributed by atoms with Crippen molar-refractivity contribution < 1.29 is 10.0 Å². The second kappa shape index (κ2) is 7.79. The van der Waals surface area contributed by atoms with Crippen molar-refractivity contribution in [1.82, 2.24) is 5.32 Å². The highest BCUT2D eigenvalue weighted by molar-refractivity contribution is 5.32. The van der Waals surface area contributed by atoms with Crippen LogP contribution in [-0.2, 0) is 6.42 Å². The van der Waals surface area contributed by atoms with Crippen molar-refractivity contribution in [2.24, 2.45) is 5.92 Å². The van der Waals surface area contributed by atoms with Gasteiger partial charge in [0.05, 0.1) is 4.92 Å². The van der Waals surface area contributed by atoms with Crippen LogP contribution in [0.25, 0.3) is 0 Å². The molecule has 5 heteroatoms. The predicted molar refractivity (Wildman–Crippen MR) is 70.5 cm³/mol. The van der Waals surface area contributed by atoms with Crippen molar-refractivity contribution >= 4 is 5.69 Å². The number of aliphatic hydroxyl groups excluding tert-OH is 1. The molecule has 1 unspecified atom stereocenters. The smallest absolute Gasteiger partial charge is 0.269 e. The van der Waals surface area contributed by atoms with Crippen LogP contribution in [0.4, 0.5) is 5.69 Å². The fraction of sp³-hybridized carbons (Fsp3) is 0.538. The lowest BCUT2D eigenvalue weighted by molar-refractivity contribution is -0.384. The van der Waals surface area contributed by atoms with E-state index in [1.54, 1.807) is 12.1 Å². The number of hydrogen-bond acceptors (Lipinski definition) is 4. The summed E-state index contributed by atoms with van der Waals surface area (Å²) < 4.78 is 0. The van der Waals surface area contributed by atoms with Crippen molar-refractivity contribution in [2.75, 3.05) is 19.7 Å². The summed E-state index contributed by atoms with van der Waals surface area (Å²) in [7, 11) is 0. The molecule has 0 bridgehead atoms. The molecule has 0 aliphatic heterocycles. The molecule has 100 valence electrons. The van der Waals surface area contributed by atoms with Crippen LogP contribution >= 0.6 is 0 Å². The summed E-state index contributed by atoms with van der Waals surface area (Å²) >= 11 is 0. The van der Waals surface area contributed by atoms with Crippen LogP contribution in [0, 0.1) is 16.0 Å². The van der Waals surface area contributed by atoms with Gasteiger partial charge in [0.2, 0.25) is 0 Å². The lowest BCUT2D eigenvalue weighted by Gasteiger charge is -2.10. The number of rotatable bonds is 8. The number of non-ortho nitro benzene ring substituents is 1. The van der Waals surface area contributed by atoms with E-state index < -0.39 is 4.92 Å². The van der Waals surface area contributed by atoms with Crippen molar-refractivity contribution in [1.29, 1.82) is 0 Å². The van der Waals surface area contributed by atoms with E-state index in [0.717, 1.165) is 31.5 Å². The molecule has 1 atom stereocenters. The van der Waals surface area contributed by atoms with Gasteiger partial charge >= 0.3 is 0 Å². The third kappa shape index (κ3) is 5.25. The summed E-state index contributed by atoms with van der Waals surface area (Å²) in [6.45, 7) is 4.04. The highest BCUT2D eigenvalue weighted by atomic mass is 16.6. The molecule has 0 saturated carbocycles. The maximum absolute atomic E-state index is 10.5. The van der Waals surface area contributed by atoms with E-state index in [-0.39, 0.29) is 12.3 Å². The molecule has 0 radical (unpaired) electrons. The second-order valence-corrected chi connectivity index (χ2v) is 4.50. The fourth-order valence-corrected chi connectivity index (χ4v) is 1.69. The molecule has 0 aliphatic rings. The number of nitro groups is 1. The third-order valence-corrected chi connectivity index (χ3v) is 2.85. The Morgan fingerprint density at radius 3 is 2.61 bits per heavy atom. The van der Waals surface area contributed by atoms with E-state index in [1.807, 2.05) is 0 Å². The zero-order valence-electron chi connectivity index (χ0n) is 10.6. The van der Waals surface area contributed by atoms with Gasteiger partial charge in [-0.1, -0.05) is 19.1 Å². The first kappa shape index (κ1) is 14.6. The largest absolute Gasteiger partial charge is 0.396 e. The molecular formula is C13H20N2O3. The fourth-order valence-electron chi connectivity index (χ4n) is 1.69. The van der Waals surface area contributed by atoms with Gasteiger partial charge in [0.25, 0.3) is 5.69 Å². The van der Waals surface area contributed by atoms with E-state index in [1.165, 1.54) is 12.1 Å². The molecule has 0 aliphatic carbocycles. The first-order valence-corrected chi connectivity index (χ1v) is 6.18. The molecule has 0 fully saturated rings. The van der Waals surface area contributed by atoms with Gasteiger partial charge in [-0.15, -0.1) is 0 Å². The summed E-state index contributed by atoms with van der Waals surface area (Å²) in [6, 6.07) is 6.64. The maximum atomic E-state index is 10.5. The van der Waals surface area contributed by atoms with Gasteiger partial charge in [0.1, 0.15) is 0 Å². The Kier molecular flexibility index (Phi) is 6.32. The molecule has 5 nitrogen and oxygen atoms in total. The molecule has 0 heterocycles. The van der Waals surface area contributed by atoms with Crippen LogP contribution < -0.4 is 5.32 Å². The molecule has 18 heavy (non-hydrogen) atoms. The second-order valence-electron chi connectivity index (χ2n) is 4.50. The summed E-state index contributed by atoms with van der Waals surface area (Å²) in [5, 5.41) is 22.6. The Bertz CT molecular complexity index is 365. The molecule has 1 rings (SSSR count). The van der Waals surface area contributed by atoms with Crippen LogP contribution in [-0.4, -0.2) is 29.7 Å². The monoisotopic (exact) mass is 252 g/mol. The van der Waals surface area contributed by atoms with Gasteiger partial charge in [0.15, 0.2) is 0 Å². The lowest BCUT2D eigenvalue weighted by Crippen LogP contribution is -2.24. The Hall–Kier alpha value is -1.46. The summed E-state index contributed by atoms with van der Waals surface area (Å²) in [4.78, 5) is 10.1. The average Bonchev–Trinajstić information content (AvgIpc) is 2.35. The van der Waals surface area contributed by atoms with E-state index in [2.05, 4.69) is 12.2 Å². The highest BCUT2D eigenvalue weighted by Gasteiger charge is 2.04. The van der Waals surface area contributed by atoms with Gasteiger partial charge in [-0.2, -0.15) is 0 Å². The standard InChI is InChI=1S/C13H20N2O3/c1-11(7-9-16)10-14-8-6-12-2-4-13(5-3-12)15(17)18/h2-5,11,14,16H,6-10H2,1H3. The summed E-state index contributed by atoms with van der Waals surface area (Å²) in [6.07, 6.45) is 1.66. The minimum absolute atomic E-state index is 0.128. The van der Waals surface area contributed by atoms with Crippen LogP contribution in [0.3, 0.4) is 0 Å². The topological polar surface area (TPSA) is 75.4 Å². The minimum Gasteiger partial charge on any atom is -0.396 e. The Labute approximate surface area is 107 Å².